The maximum atomic E-state index is 11.4. The number of hydrogen-bond acceptors (Lipinski definition) is 4. The van der Waals surface area contributed by atoms with Crippen LogP contribution in [0.1, 0.15) is 22.3 Å². The Kier molecular flexibility index (Phi) is 4.79. The quantitative estimate of drug-likeness (QED) is 0.468. The summed E-state index contributed by atoms with van der Waals surface area (Å²) in [7, 11) is 3.02. The van der Waals surface area contributed by atoms with Crippen LogP contribution >= 0.6 is 0 Å². The molecule has 0 bridgehead atoms. The number of benzene rings is 1. The van der Waals surface area contributed by atoms with Gasteiger partial charge in [-0.3, -0.25) is 0 Å². The van der Waals surface area contributed by atoms with Crippen LogP contribution in [0.15, 0.2) is 18.2 Å². The van der Waals surface area contributed by atoms with Gasteiger partial charge in [-0.1, -0.05) is 6.07 Å². The Morgan fingerprint density at radius 3 is 2.75 bits per heavy atom. The van der Waals surface area contributed by atoms with Gasteiger partial charge >= 0.3 is 5.97 Å². The van der Waals surface area contributed by atoms with Gasteiger partial charge in [0.1, 0.15) is 0 Å². The summed E-state index contributed by atoms with van der Waals surface area (Å²) in [5.74, 6) is -0.397. The number of nitrogen functional groups attached to an aromatic ring is 1. The molecule has 2 N–H and O–H groups in total. The maximum Gasteiger partial charge on any atom is 0.339 e. The van der Waals surface area contributed by atoms with Crippen LogP contribution in [0.5, 0.6) is 0 Å². The van der Waals surface area contributed by atoms with E-state index >= 15 is 0 Å². The summed E-state index contributed by atoms with van der Waals surface area (Å²) < 4.78 is 9.62. The van der Waals surface area contributed by atoms with Crippen LogP contribution in [0, 0.1) is 0 Å². The smallest absolute Gasteiger partial charge is 0.339 e. The fraction of sp³-hybridized carbons (Fsp3) is 0.417. The van der Waals surface area contributed by atoms with Crippen LogP contribution in [-0.2, 0) is 15.9 Å². The van der Waals surface area contributed by atoms with E-state index in [1.165, 1.54) is 7.11 Å². The van der Waals surface area contributed by atoms with Gasteiger partial charge in [0, 0.05) is 19.4 Å². The van der Waals surface area contributed by atoms with E-state index in [0.717, 1.165) is 18.4 Å². The molecular formula is C12H17NO3. The molecule has 0 saturated heterocycles. The number of esters is 1. The standard InChI is InChI=1S/C12H17NO3/c1-15-7-3-4-9-5-6-11(13)10(8-9)12(14)16-2/h5-6,8H,3-4,7,13H2,1-2H3. The van der Waals surface area contributed by atoms with Crippen molar-refractivity contribution in [1.82, 2.24) is 0 Å². The van der Waals surface area contributed by atoms with Crippen molar-refractivity contribution >= 4 is 11.7 Å². The molecule has 0 saturated carbocycles. The monoisotopic (exact) mass is 223 g/mol. The maximum absolute atomic E-state index is 11.4. The Bertz CT molecular complexity index is 363. The fourth-order valence-corrected chi connectivity index (χ4v) is 1.47. The van der Waals surface area contributed by atoms with Gasteiger partial charge in [0.2, 0.25) is 0 Å². The van der Waals surface area contributed by atoms with Gasteiger partial charge in [0.15, 0.2) is 0 Å². The number of carbonyl (C=O) groups is 1. The molecule has 0 heterocycles. The highest BCUT2D eigenvalue weighted by atomic mass is 16.5. The number of rotatable bonds is 5. The van der Waals surface area contributed by atoms with Gasteiger partial charge in [0.05, 0.1) is 12.7 Å². The summed E-state index contributed by atoms with van der Waals surface area (Å²) in [5.41, 5.74) is 7.63. The van der Waals surface area contributed by atoms with E-state index in [4.69, 9.17) is 10.5 Å². The number of aryl methyl sites for hydroxylation is 1. The summed E-state index contributed by atoms with van der Waals surface area (Å²) in [6.07, 6.45) is 1.78. The molecule has 0 aromatic heterocycles. The lowest BCUT2D eigenvalue weighted by Crippen LogP contribution is -2.06. The second-order valence-corrected chi connectivity index (χ2v) is 3.51. The van der Waals surface area contributed by atoms with Crippen molar-refractivity contribution in [3.63, 3.8) is 0 Å². The van der Waals surface area contributed by atoms with Gasteiger partial charge in [0.25, 0.3) is 0 Å². The Morgan fingerprint density at radius 1 is 1.38 bits per heavy atom. The zero-order valence-corrected chi connectivity index (χ0v) is 9.66. The molecule has 88 valence electrons. The minimum atomic E-state index is -0.397. The van der Waals surface area contributed by atoms with Crippen LogP contribution < -0.4 is 5.73 Å². The molecule has 0 fully saturated rings. The summed E-state index contributed by atoms with van der Waals surface area (Å²) in [6, 6.07) is 5.42. The molecular weight excluding hydrogens is 206 g/mol. The van der Waals surface area contributed by atoms with E-state index in [1.807, 2.05) is 6.07 Å². The molecule has 4 nitrogen and oxygen atoms in total. The average molecular weight is 223 g/mol. The van der Waals surface area contributed by atoms with Crippen molar-refractivity contribution in [3.8, 4) is 0 Å². The molecule has 0 spiro atoms. The minimum absolute atomic E-state index is 0.397. The number of carbonyl (C=O) groups excluding carboxylic acids is 1. The zero-order valence-electron chi connectivity index (χ0n) is 9.66. The van der Waals surface area contributed by atoms with Crippen LogP contribution in [0.3, 0.4) is 0 Å². The van der Waals surface area contributed by atoms with Crippen molar-refractivity contribution < 1.29 is 14.3 Å². The number of methoxy groups -OCH3 is 2. The average Bonchev–Trinajstić information content (AvgIpc) is 2.30. The second kappa shape index (κ2) is 6.12. The first-order valence-electron chi connectivity index (χ1n) is 5.14. The van der Waals surface area contributed by atoms with E-state index in [0.29, 0.717) is 17.9 Å². The first-order chi connectivity index (χ1) is 7.69. The molecule has 0 aliphatic rings. The van der Waals surface area contributed by atoms with E-state index in [9.17, 15) is 4.79 Å². The summed E-state index contributed by atoms with van der Waals surface area (Å²) in [4.78, 5) is 11.4. The van der Waals surface area contributed by atoms with Crippen molar-refractivity contribution in [2.45, 2.75) is 12.8 Å². The third-order valence-corrected chi connectivity index (χ3v) is 2.34. The third kappa shape index (κ3) is 3.24. The summed E-state index contributed by atoms with van der Waals surface area (Å²) >= 11 is 0. The predicted molar refractivity (Wildman–Crippen MR) is 62.4 cm³/mol. The van der Waals surface area contributed by atoms with Gasteiger partial charge in [-0.15, -0.1) is 0 Å². The van der Waals surface area contributed by atoms with Crippen molar-refractivity contribution in [2.24, 2.45) is 0 Å². The van der Waals surface area contributed by atoms with E-state index in [-0.39, 0.29) is 0 Å². The zero-order chi connectivity index (χ0) is 12.0. The van der Waals surface area contributed by atoms with Gasteiger partial charge in [-0.25, -0.2) is 4.79 Å². The van der Waals surface area contributed by atoms with Crippen molar-refractivity contribution in [3.05, 3.63) is 29.3 Å². The molecule has 1 aromatic rings. The Labute approximate surface area is 95.3 Å². The molecule has 1 aromatic carbocycles. The highest BCUT2D eigenvalue weighted by molar-refractivity contribution is 5.95. The van der Waals surface area contributed by atoms with Crippen LogP contribution in [0.25, 0.3) is 0 Å². The minimum Gasteiger partial charge on any atom is -0.465 e. The van der Waals surface area contributed by atoms with Crippen LogP contribution in [0.2, 0.25) is 0 Å². The topological polar surface area (TPSA) is 61.5 Å². The van der Waals surface area contributed by atoms with E-state index < -0.39 is 5.97 Å². The Hall–Kier alpha value is -1.55. The van der Waals surface area contributed by atoms with Crippen molar-refractivity contribution in [1.29, 1.82) is 0 Å². The molecule has 0 aliphatic heterocycles. The lowest BCUT2D eigenvalue weighted by Gasteiger charge is -2.06. The molecule has 0 aliphatic carbocycles. The fourth-order valence-electron chi connectivity index (χ4n) is 1.47. The van der Waals surface area contributed by atoms with Gasteiger partial charge in [-0.2, -0.15) is 0 Å². The SMILES string of the molecule is COCCCc1ccc(N)c(C(=O)OC)c1. The molecule has 0 atom stereocenters. The van der Waals surface area contributed by atoms with Crippen LogP contribution in [0.4, 0.5) is 5.69 Å². The molecule has 0 unspecified atom stereocenters. The number of nitrogens with two attached hydrogens (primary N) is 1. The molecule has 4 heteroatoms. The lowest BCUT2D eigenvalue weighted by molar-refractivity contribution is 0.0602. The van der Waals surface area contributed by atoms with E-state index in [1.54, 1.807) is 19.2 Å². The predicted octanol–water partition coefficient (Wildman–Crippen LogP) is 1.63. The Balaban J connectivity index is 2.77. The first-order valence-corrected chi connectivity index (χ1v) is 5.14. The molecule has 0 amide bonds. The molecule has 1 rings (SSSR count). The Morgan fingerprint density at radius 2 is 2.12 bits per heavy atom. The summed E-state index contributed by atoms with van der Waals surface area (Å²) in [6.45, 7) is 0.706. The second-order valence-electron chi connectivity index (χ2n) is 3.51. The van der Waals surface area contributed by atoms with Crippen LogP contribution in [-0.4, -0.2) is 26.8 Å². The third-order valence-electron chi connectivity index (χ3n) is 2.34. The van der Waals surface area contributed by atoms with E-state index in [2.05, 4.69) is 4.74 Å². The number of ether oxygens (including phenoxy) is 2. The lowest BCUT2D eigenvalue weighted by atomic mass is 10.1. The molecule has 0 radical (unpaired) electrons. The largest absolute Gasteiger partial charge is 0.465 e. The number of anilines is 1. The number of hydrogen-bond donors (Lipinski definition) is 1. The van der Waals surface area contributed by atoms with Gasteiger partial charge in [-0.05, 0) is 30.5 Å². The van der Waals surface area contributed by atoms with Gasteiger partial charge < -0.3 is 15.2 Å². The van der Waals surface area contributed by atoms with Crippen molar-refractivity contribution in [2.75, 3.05) is 26.6 Å². The summed E-state index contributed by atoms with van der Waals surface area (Å²) in [5, 5.41) is 0. The highest BCUT2D eigenvalue weighted by Gasteiger charge is 2.10. The molecule has 16 heavy (non-hydrogen) atoms. The normalized spacial score (nSPS) is 10.1. The first kappa shape index (κ1) is 12.5. The highest BCUT2D eigenvalue weighted by Crippen LogP contribution is 2.16.